The van der Waals surface area contributed by atoms with Crippen LogP contribution in [0, 0.1) is 0 Å². The van der Waals surface area contributed by atoms with Crippen LogP contribution < -0.4 is 16.0 Å². The first kappa shape index (κ1) is 25.5. The first-order valence-corrected chi connectivity index (χ1v) is 11.4. The Morgan fingerprint density at radius 3 is 2.11 bits per heavy atom. The maximum absolute atomic E-state index is 12.9. The molecule has 7 heteroatoms. The van der Waals surface area contributed by atoms with Crippen molar-refractivity contribution in [1.82, 2.24) is 10.6 Å². The van der Waals surface area contributed by atoms with E-state index in [1.807, 2.05) is 37.3 Å². The van der Waals surface area contributed by atoms with Gasteiger partial charge in [0.25, 0.3) is 11.8 Å². The second-order valence-electron chi connectivity index (χ2n) is 9.16. The van der Waals surface area contributed by atoms with Gasteiger partial charge < -0.3 is 20.7 Å². The summed E-state index contributed by atoms with van der Waals surface area (Å²) in [5.74, 6) is -0.617. The number of nitrogens with one attached hydrogen (secondary N) is 3. The third-order valence-corrected chi connectivity index (χ3v) is 5.12. The summed E-state index contributed by atoms with van der Waals surface area (Å²) >= 11 is 0. The average molecular weight is 474 g/mol. The van der Waals surface area contributed by atoms with Crippen LogP contribution >= 0.6 is 0 Å². The fourth-order valence-corrected chi connectivity index (χ4v) is 3.35. The van der Waals surface area contributed by atoms with E-state index < -0.39 is 11.7 Å². The molecule has 3 rings (SSSR count). The van der Waals surface area contributed by atoms with E-state index in [-0.39, 0.29) is 24.4 Å². The fourth-order valence-electron chi connectivity index (χ4n) is 3.35. The monoisotopic (exact) mass is 473 g/mol. The number of para-hydroxylation sites is 1. The third-order valence-electron chi connectivity index (χ3n) is 5.12. The van der Waals surface area contributed by atoms with Gasteiger partial charge in [-0.15, -0.1) is 0 Å². The third kappa shape index (κ3) is 7.71. The lowest BCUT2D eigenvalue weighted by atomic mass is 10.1. The van der Waals surface area contributed by atoms with Gasteiger partial charge in [-0.2, -0.15) is 0 Å². The molecule has 0 fully saturated rings. The minimum Gasteiger partial charge on any atom is -0.444 e. The lowest BCUT2D eigenvalue weighted by molar-refractivity contribution is 0.0523. The molecular formula is C28H31N3O4. The summed E-state index contributed by atoms with van der Waals surface area (Å²) in [6.07, 6.45) is -0.504. The molecule has 0 aliphatic carbocycles. The maximum Gasteiger partial charge on any atom is 0.407 e. The van der Waals surface area contributed by atoms with Crippen molar-refractivity contribution < 1.29 is 19.1 Å². The molecule has 0 aromatic heterocycles. The van der Waals surface area contributed by atoms with Crippen molar-refractivity contribution in [2.75, 3.05) is 5.32 Å². The number of carbonyl (C=O) groups is 3. The number of hydrogen-bond acceptors (Lipinski definition) is 4. The van der Waals surface area contributed by atoms with Crippen molar-refractivity contribution in [1.29, 1.82) is 0 Å². The second kappa shape index (κ2) is 11.3. The lowest BCUT2D eigenvalue weighted by Gasteiger charge is -2.19. The standard InChI is InChI=1S/C28H31N3O4/c1-19(21-10-6-5-7-11-21)30-26(33)23-12-8-9-13-24(23)31-25(32)22-16-14-20(15-17-22)18-29-27(34)35-28(2,3)4/h5-17,19H,18H2,1-4H3,(H,29,34)(H,30,33)(H,31,32). The van der Waals surface area contributed by atoms with Crippen molar-refractivity contribution in [3.05, 3.63) is 101 Å². The Morgan fingerprint density at radius 2 is 1.46 bits per heavy atom. The summed E-state index contributed by atoms with van der Waals surface area (Å²) in [5.41, 5.74) is 2.47. The number of carbonyl (C=O) groups excluding carboxylic acids is 3. The maximum atomic E-state index is 12.9. The molecule has 0 heterocycles. The summed E-state index contributed by atoms with van der Waals surface area (Å²) in [5, 5.41) is 8.49. The van der Waals surface area contributed by atoms with Gasteiger partial charge in [0.2, 0.25) is 0 Å². The highest BCUT2D eigenvalue weighted by Crippen LogP contribution is 2.19. The van der Waals surface area contributed by atoms with Gasteiger partial charge in [-0.1, -0.05) is 54.6 Å². The molecule has 3 N–H and O–H groups in total. The number of alkyl carbamates (subject to hydrolysis) is 1. The Morgan fingerprint density at radius 1 is 0.829 bits per heavy atom. The second-order valence-corrected chi connectivity index (χ2v) is 9.16. The first-order chi connectivity index (χ1) is 16.6. The molecule has 0 saturated heterocycles. The zero-order valence-electron chi connectivity index (χ0n) is 20.4. The van der Waals surface area contributed by atoms with E-state index >= 15 is 0 Å². The van der Waals surface area contributed by atoms with E-state index in [1.165, 1.54) is 0 Å². The van der Waals surface area contributed by atoms with Crippen molar-refractivity contribution >= 4 is 23.6 Å². The van der Waals surface area contributed by atoms with E-state index in [9.17, 15) is 14.4 Å². The van der Waals surface area contributed by atoms with Crippen LogP contribution in [0.5, 0.6) is 0 Å². The molecule has 0 aliphatic rings. The van der Waals surface area contributed by atoms with E-state index in [1.54, 1.807) is 69.3 Å². The van der Waals surface area contributed by atoms with E-state index in [4.69, 9.17) is 4.74 Å². The largest absolute Gasteiger partial charge is 0.444 e. The Kier molecular flexibility index (Phi) is 8.25. The summed E-state index contributed by atoms with van der Waals surface area (Å²) in [7, 11) is 0. The van der Waals surface area contributed by atoms with Crippen LogP contribution in [0.15, 0.2) is 78.9 Å². The van der Waals surface area contributed by atoms with Crippen LogP contribution in [0.4, 0.5) is 10.5 Å². The normalized spacial score (nSPS) is 11.8. The average Bonchev–Trinajstić information content (AvgIpc) is 2.83. The topological polar surface area (TPSA) is 96.5 Å². The minimum absolute atomic E-state index is 0.186. The smallest absolute Gasteiger partial charge is 0.407 e. The highest BCUT2D eigenvalue weighted by Gasteiger charge is 2.17. The van der Waals surface area contributed by atoms with Crippen LogP contribution in [0.1, 0.15) is 65.6 Å². The molecular weight excluding hydrogens is 442 g/mol. The van der Waals surface area contributed by atoms with Gasteiger partial charge in [0.15, 0.2) is 0 Å². The van der Waals surface area contributed by atoms with Crippen LogP contribution in [0.3, 0.4) is 0 Å². The number of hydrogen-bond donors (Lipinski definition) is 3. The number of ether oxygens (including phenoxy) is 1. The van der Waals surface area contributed by atoms with Gasteiger partial charge in [-0.25, -0.2) is 4.79 Å². The molecule has 0 radical (unpaired) electrons. The van der Waals surface area contributed by atoms with Crippen molar-refractivity contribution in [2.45, 2.75) is 45.9 Å². The van der Waals surface area contributed by atoms with Crippen LogP contribution in [0.25, 0.3) is 0 Å². The Hall–Kier alpha value is -4.13. The molecule has 182 valence electrons. The van der Waals surface area contributed by atoms with Gasteiger partial charge in [-0.05, 0) is 63.1 Å². The Bertz CT molecular complexity index is 1170. The summed E-state index contributed by atoms with van der Waals surface area (Å²) in [4.78, 5) is 37.6. The van der Waals surface area contributed by atoms with Crippen LogP contribution in [-0.2, 0) is 11.3 Å². The molecule has 3 aromatic rings. The van der Waals surface area contributed by atoms with Gasteiger partial charge in [0.1, 0.15) is 5.60 Å². The van der Waals surface area contributed by atoms with Gasteiger partial charge >= 0.3 is 6.09 Å². The van der Waals surface area contributed by atoms with Crippen LogP contribution in [-0.4, -0.2) is 23.5 Å². The van der Waals surface area contributed by atoms with E-state index in [0.29, 0.717) is 16.8 Å². The Balaban J connectivity index is 1.62. The predicted octanol–water partition coefficient (Wildman–Crippen LogP) is 5.45. The lowest BCUT2D eigenvalue weighted by Crippen LogP contribution is -2.32. The summed E-state index contributed by atoms with van der Waals surface area (Å²) in [6.45, 7) is 7.58. The van der Waals surface area contributed by atoms with Crippen molar-refractivity contribution in [2.24, 2.45) is 0 Å². The SMILES string of the molecule is CC(NC(=O)c1ccccc1NC(=O)c1ccc(CNC(=O)OC(C)(C)C)cc1)c1ccccc1. The molecule has 1 unspecified atom stereocenters. The zero-order valence-corrected chi connectivity index (χ0v) is 20.4. The van der Waals surface area contributed by atoms with Gasteiger partial charge in [-0.3, -0.25) is 9.59 Å². The van der Waals surface area contributed by atoms with Crippen molar-refractivity contribution in [3.8, 4) is 0 Å². The molecule has 35 heavy (non-hydrogen) atoms. The molecule has 1 atom stereocenters. The van der Waals surface area contributed by atoms with Crippen molar-refractivity contribution in [3.63, 3.8) is 0 Å². The quantitative estimate of drug-likeness (QED) is 0.425. The molecule has 3 aromatic carbocycles. The first-order valence-electron chi connectivity index (χ1n) is 11.4. The van der Waals surface area contributed by atoms with E-state index in [0.717, 1.165) is 11.1 Å². The Labute approximate surface area is 205 Å². The zero-order chi connectivity index (χ0) is 25.4. The molecule has 7 nitrogen and oxygen atoms in total. The molecule has 0 saturated carbocycles. The van der Waals surface area contributed by atoms with E-state index in [2.05, 4.69) is 16.0 Å². The van der Waals surface area contributed by atoms with Gasteiger partial charge in [0.05, 0.1) is 17.3 Å². The number of benzene rings is 3. The molecule has 0 bridgehead atoms. The molecule has 3 amide bonds. The number of amides is 3. The summed E-state index contributed by atoms with van der Waals surface area (Å²) in [6, 6.07) is 23.2. The minimum atomic E-state index is -0.571. The fraction of sp³-hybridized carbons (Fsp3) is 0.250. The number of rotatable bonds is 7. The van der Waals surface area contributed by atoms with Gasteiger partial charge in [0, 0.05) is 12.1 Å². The molecule has 0 aliphatic heterocycles. The highest BCUT2D eigenvalue weighted by atomic mass is 16.6. The summed E-state index contributed by atoms with van der Waals surface area (Å²) < 4.78 is 5.22. The number of anilines is 1. The molecule has 0 spiro atoms. The predicted molar refractivity (Wildman–Crippen MR) is 136 cm³/mol. The highest BCUT2D eigenvalue weighted by molar-refractivity contribution is 6.09. The van der Waals surface area contributed by atoms with Crippen LogP contribution in [0.2, 0.25) is 0 Å².